The summed E-state index contributed by atoms with van der Waals surface area (Å²) in [6.45, 7) is 2.42. The molecule has 0 radical (unpaired) electrons. The number of nitrogens with zero attached hydrogens (tertiary/aromatic N) is 3. The molecule has 0 aromatic carbocycles. The zero-order valence-corrected chi connectivity index (χ0v) is 15.2. The lowest BCUT2D eigenvalue weighted by Gasteiger charge is -2.45. The minimum absolute atomic E-state index is 0. The van der Waals surface area contributed by atoms with Crippen molar-refractivity contribution >= 4 is 29.9 Å². The molecule has 0 unspecified atom stereocenters. The Morgan fingerprint density at radius 2 is 1.58 bits per heavy atom. The third kappa shape index (κ3) is 4.23. The van der Waals surface area contributed by atoms with Crippen molar-refractivity contribution in [3.05, 3.63) is 0 Å². The molecule has 1 spiro atoms. The highest BCUT2D eigenvalue weighted by molar-refractivity contribution is 14.0. The van der Waals surface area contributed by atoms with Gasteiger partial charge in [-0.25, -0.2) is 0 Å². The zero-order chi connectivity index (χ0) is 13.0. The molecule has 2 fully saturated rings. The Labute approximate surface area is 135 Å². The van der Waals surface area contributed by atoms with Gasteiger partial charge >= 0.3 is 0 Å². The Bertz CT molecular complexity index is 294. The van der Waals surface area contributed by atoms with Crippen LogP contribution in [0.25, 0.3) is 0 Å². The number of piperidine rings is 1. The molecule has 112 valence electrons. The van der Waals surface area contributed by atoms with Crippen molar-refractivity contribution in [1.29, 1.82) is 0 Å². The van der Waals surface area contributed by atoms with Crippen molar-refractivity contribution in [3.63, 3.8) is 0 Å². The smallest absolute Gasteiger partial charge is 0.195 e. The van der Waals surface area contributed by atoms with Crippen molar-refractivity contribution in [2.45, 2.75) is 51.4 Å². The molecule has 2 rings (SSSR count). The molecular weight excluding hydrogens is 349 g/mol. The Balaban J connectivity index is 0.00000180. The average Bonchev–Trinajstić information content (AvgIpc) is 2.56. The van der Waals surface area contributed by atoms with Crippen LogP contribution in [0.15, 0.2) is 4.99 Å². The van der Waals surface area contributed by atoms with E-state index in [-0.39, 0.29) is 24.0 Å². The van der Waals surface area contributed by atoms with E-state index in [4.69, 9.17) is 0 Å². The van der Waals surface area contributed by atoms with E-state index in [2.05, 4.69) is 28.9 Å². The van der Waals surface area contributed by atoms with E-state index in [1.807, 2.05) is 7.05 Å². The second-order valence-corrected chi connectivity index (χ2v) is 6.36. The maximum absolute atomic E-state index is 4.48. The van der Waals surface area contributed by atoms with Gasteiger partial charge in [0.05, 0.1) is 0 Å². The second-order valence-electron chi connectivity index (χ2n) is 6.36. The van der Waals surface area contributed by atoms with Gasteiger partial charge in [0.2, 0.25) is 0 Å². The van der Waals surface area contributed by atoms with Gasteiger partial charge < -0.3 is 9.80 Å². The van der Waals surface area contributed by atoms with Gasteiger partial charge in [-0.3, -0.25) is 4.99 Å². The highest BCUT2D eigenvalue weighted by Gasteiger charge is 2.36. The van der Waals surface area contributed by atoms with E-state index >= 15 is 0 Å². The predicted octanol–water partition coefficient (Wildman–Crippen LogP) is 3.59. The molecule has 0 aromatic heterocycles. The Morgan fingerprint density at radius 1 is 1.00 bits per heavy atom. The number of guanidine groups is 1. The maximum Gasteiger partial charge on any atom is 0.195 e. The van der Waals surface area contributed by atoms with Crippen molar-refractivity contribution in [3.8, 4) is 0 Å². The van der Waals surface area contributed by atoms with Crippen molar-refractivity contribution in [2.75, 3.05) is 34.2 Å². The molecule has 1 saturated heterocycles. The van der Waals surface area contributed by atoms with Crippen LogP contribution in [0.2, 0.25) is 0 Å². The fraction of sp³-hybridized carbons (Fsp3) is 0.933. The van der Waals surface area contributed by atoms with Crippen LogP contribution in [-0.2, 0) is 0 Å². The fourth-order valence-corrected chi connectivity index (χ4v) is 3.89. The number of hydrogen-bond donors (Lipinski definition) is 0. The lowest BCUT2D eigenvalue weighted by atomic mass is 9.74. The minimum atomic E-state index is 0. The van der Waals surface area contributed by atoms with E-state index in [0.717, 1.165) is 0 Å². The Morgan fingerprint density at radius 3 is 2.11 bits per heavy atom. The first-order valence-corrected chi connectivity index (χ1v) is 7.56. The fourth-order valence-electron chi connectivity index (χ4n) is 3.89. The van der Waals surface area contributed by atoms with Gasteiger partial charge in [-0.15, -0.1) is 24.0 Å². The molecular formula is C15H30IN3. The third-order valence-electron chi connectivity index (χ3n) is 4.71. The van der Waals surface area contributed by atoms with Crippen LogP contribution < -0.4 is 0 Å². The van der Waals surface area contributed by atoms with Crippen LogP contribution >= 0.6 is 24.0 Å². The van der Waals surface area contributed by atoms with Crippen LogP contribution in [0.3, 0.4) is 0 Å². The molecule has 0 bridgehead atoms. The van der Waals surface area contributed by atoms with Crippen molar-refractivity contribution in [2.24, 2.45) is 10.4 Å². The van der Waals surface area contributed by atoms with Gasteiger partial charge in [0.1, 0.15) is 0 Å². The lowest BCUT2D eigenvalue weighted by molar-refractivity contribution is 0.111. The highest BCUT2D eigenvalue weighted by Crippen LogP contribution is 2.42. The standard InChI is InChI=1S/C15H29N3.HI/c1-16-14(17(2)3)18-12-8-11-15(13-18)9-6-4-5-7-10-15;/h4-13H2,1-3H3;1H. The van der Waals surface area contributed by atoms with Gasteiger partial charge in [-0.2, -0.15) is 0 Å². The molecule has 2 aliphatic rings. The summed E-state index contributed by atoms with van der Waals surface area (Å²) in [5.41, 5.74) is 0.598. The number of likely N-dealkylation sites (tertiary alicyclic amines) is 1. The average molecular weight is 379 g/mol. The van der Waals surface area contributed by atoms with Crippen molar-refractivity contribution in [1.82, 2.24) is 9.80 Å². The molecule has 19 heavy (non-hydrogen) atoms. The molecule has 0 amide bonds. The second kappa shape index (κ2) is 7.70. The van der Waals surface area contributed by atoms with Crippen LogP contribution in [0, 0.1) is 5.41 Å². The van der Waals surface area contributed by atoms with Gasteiger partial charge in [0.25, 0.3) is 0 Å². The summed E-state index contributed by atoms with van der Waals surface area (Å²) in [5, 5.41) is 0. The monoisotopic (exact) mass is 379 g/mol. The first-order valence-electron chi connectivity index (χ1n) is 7.56. The normalized spacial score (nSPS) is 23.7. The molecule has 1 saturated carbocycles. The largest absolute Gasteiger partial charge is 0.349 e. The van der Waals surface area contributed by atoms with Gasteiger partial charge in [-0.1, -0.05) is 25.7 Å². The van der Waals surface area contributed by atoms with E-state index in [1.54, 1.807) is 0 Å². The predicted molar refractivity (Wildman–Crippen MR) is 93.4 cm³/mol. The molecule has 0 N–H and O–H groups in total. The summed E-state index contributed by atoms with van der Waals surface area (Å²) in [5.74, 6) is 1.17. The van der Waals surface area contributed by atoms with Crippen LogP contribution in [0.1, 0.15) is 51.4 Å². The molecule has 1 heterocycles. The zero-order valence-electron chi connectivity index (χ0n) is 12.8. The number of halogens is 1. The first-order chi connectivity index (χ1) is 8.67. The first kappa shape index (κ1) is 17.1. The molecule has 4 heteroatoms. The number of aliphatic imine (C=N–C) groups is 1. The van der Waals surface area contributed by atoms with E-state index in [9.17, 15) is 0 Å². The SMILES string of the molecule is CN=C(N(C)C)N1CCCC2(CCCCCC2)C1.I. The van der Waals surface area contributed by atoms with Crippen molar-refractivity contribution < 1.29 is 0 Å². The topological polar surface area (TPSA) is 18.8 Å². The third-order valence-corrected chi connectivity index (χ3v) is 4.71. The summed E-state index contributed by atoms with van der Waals surface area (Å²) in [4.78, 5) is 9.17. The Hall–Kier alpha value is 0. The molecule has 0 aromatic rings. The molecule has 1 aliphatic carbocycles. The van der Waals surface area contributed by atoms with Crippen LogP contribution in [0.5, 0.6) is 0 Å². The van der Waals surface area contributed by atoms with E-state index in [0.29, 0.717) is 5.41 Å². The summed E-state index contributed by atoms with van der Waals surface area (Å²) in [6.07, 6.45) is 11.4. The van der Waals surface area contributed by atoms with E-state index < -0.39 is 0 Å². The van der Waals surface area contributed by atoms with Crippen LogP contribution in [-0.4, -0.2) is 50.0 Å². The minimum Gasteiger partial charge on any atom is -0.349 e. The molecule has 1 aliphatic heterocycles. The van der Waals surface area contributed by atoms with Gasteiger partial charge in [0.15, 0.2) is 5.96 Å². The van der Waals surface area contributed by atoms with Gasteiger partial charge in [-0.05, 0) is 31.1 Å². The molecule has 0 atom stereocenters. The number of rotatable bonds is 0. The summed E-state index contributed by atoms with van der Waals surface area (Å²) in [6, 6.07) is 0. The summed E-state index contributed by atoms with van der Waals surface area (Å²) < 4.78 is 0. The van der Waals surface area contributed by atoms with Crippen LogP contribution in [0.4, 0.5) is 0 Å². The molecule has 3 nitrogen and oxygen atoms in total. The van der Waals surface area contributed by atoms with E-state index in [1.165, 1.54) is 70.4 Å². The van der Waals surface area contributed by atoms with Gasteiger partial charge in [0, 0.05) is 34.2 Å². The lowest BCUT2D eigenvalue weighted by Crippen LogP contribution is -2.50. The maximum atomic E-state index is 4.48. The Kier molecular flexibility index (Phi) is 6.91. The summed E-state index contributed by atoms with van der Waals surface area (Å²) in [7, 11) is 6.14. The highest BCUT2D eigenvalue weighted by atomic mass is 127. The summed E-state index contributed by atoms with van der Waals surface area (Å²) >= 11 is 0. The quantitative estimate of drug-likeness (QED) is 0.364. The number of hydrogen-bond acceptors (Lipinski definition) is 1.